The van der Waals surface area contributed by atoms with Crippen LogP contribution in [0, 0.1) is 22.0 Å². The van der Waals surface area contributed by atoms with Crippen LogP contribution in [0.4, 0.5) is 0 Å². The lowest BCUT2D eigenvalue weighted by atomic mass is 9.78. The molecule has 1 rings (SSSR count). The number of nitro groups is 1. The maximum absolute atomic E-state index is 10.2. The van der Waals surface area contributed by atoms with Crippen molar-refractivity contribution < 1.29 is 4.92 Å². The van der Waals surface area contributed by atoms with Crippen LogP contribution in [0.15, 0.2) is 0 Å². The van der Waals surface area contributed by atoms with Crippen molar-refractivity contribution in [2.24, 2.45) is 11.8 Å². The Kier molecular flexibility index (Phi) is 3.66. The van der Waals surface area contributed by atoms with Gasteiger partial charge in [-0.05, 0) is 18.3 Å². The summed E-state index contributed by atoms with van der Waals surface area (Å²) in [6.07, 6.45) is 3.54. The van der Waals surface area contributed by atoms with Gasteiger partial charge in [-0.3, -0.25) is 15.4 Å². The first-order valence-corrected chi connectivity index (χ1v) is 4.96. The van der Waals surface area contributed by atoms with Crippen LogP contribution >= 0.6 is 0 Å². The Morgan fingerprint density at radius 3 is 2.77 bits per heavy atom. The molecule has 0 radical (unpaired) electrons. The molecule has 0 heterocycles. The molecular formula is C9H18N2O2. The summed E-state index contributed by atoms with van der Waals surface area (Å²) in [5, 5.41) is 13.2. The summed E-state index contributed by atoms with van der Waals surface area (Å²) in [5.41, 5.74) is 0. The zero-order chi connectivity index (χ0) is 9.84. The molecule has 4 heteroatoms. The van der Waals surface area contributed by atoms with Crippen molar-refractivity contribution in [3.8, 4) is 0 Å². The lowest BCUT2D eigenvalue weighted by Crippen LogP contribution is -2.42. The summed E-state index contributed by atoms with van der Waals surface area (Å²) < 4.78 is 0. The highest BCUT2D eigenvalue weighted by molar-refractivity contribution is 4.81. The molecule has 3 unspecified atom stereocenters. The third-order valence-corrected chi connectivity index (χ3v) is 3.19. The fourth-order valence-corrected chi connectivity index (χ4v) is 2.06. The molecule has 3 atom stereocenters. The van der Waals surface area contributed by atoms with Gasteiger partial charge in [-0.2, -0.15) is 0 Å². The maximum Gasteiger partial charge on any atom is 0.256 e. The Morgan fingerprint density at radius 2 is 2.15 bits per heavy atom. The highest BCUT2D eigenvalue weighted by atomic mass is 16.6. The SMILES string of the molecule is CC1CCCC(NC[N+](=O)[O-])C1C. The van der Waals surface area contributed by atoms with Crippen LogP contribution in [0.25, 0.3) is 0 Å². The molecule has 0 aliphatic heterocycles. The Labute approximate surface area is 78.9 Å². The van der Waals surface area contributed by atoms with Crippen molar-refractivity contribution >= 4 is 0 Å². The standard InChI is InChI=1S/C9H18N2O2/c1-7-4-3-5-9(8(7)2)10-6-11(12)13/h7-10H,3-6H2,1-2H3. The number of nitrogens with zero attached hydrogens (tertiary/aromatic N) is 1. The molecule has 0 amide bonds. The Bertz CT molecular complexity index is 184. The van der Waals surface area contributed by atoms with Gasteiger partial charge in [0.25, 0.3) is 6.67 Å². The summed E-state index contributed by atoms with van der Waals surface area (Å²) in [6, 6.07) is 0.342. The molecule has 1 fully saturated rings. The van der Waals surface area contributed by atoms with E-state index in [-0.39, 0.29) is 11.6 Å². The van der Waals surface area contributed by atoms with Gasteiger partial charge in [0, 0.05) is 11.0 Å². The van der Waals surface area contributed by atoms with Gasteiger partial charge in [0.1, 0.15) is 0 Å². The van der Waals surface area contributed by atoms with Crippen molar-refractivity contribution in [3.63, 3.8) is 0 Å². The second kappa shape index (κ2) is 4.56. The van der Waals surface area contributed by atoms with E-state index in [9.17, 15) is 10.1 Å². The molecule has 0 aromatic rings. The van der Waals surface area contributed by atoms with Crippen LogP contribution in [0.2, 0.25) is 0 Å². The van der Waals surface area contributed by atoms with Crippen molar-refractivity contribution in [2.75, 3.05) is 6.67 Å². The van der Waals surface area contributed by atoms with E-state index in [1.54, 1.807) is 0 Å². The van der Waals surface area contributed by atoms with Crippen molar-refractivity contribution in [1.82, 2.24) is 5.32 Å². The third-order valence-electron chi connectivity index (χ3n) is 3.19. The van der Waals surface area contributed by atoms with E-state index in [0.717, 1.165) is 6.42 Å². The first-order valence-electron chi connectivity index (χ1n) is 4.96. The van der Waals surface area contributed by atoms with Gasteiger partial charge in [-0.15, -0.1) is 0 Å². The molecular weight excluding hydrogens is 168 g/mol. The van der Waals surface area contributed by atoms with E-state index < -0.39 is 0 Å². The molecule has 0 spiro atoms. The van der Waals surface area contributed by atoms with Crippen molar-refractivity contribution in [2.45, 2.75) is 39.2 Å². The predicted molar refractivity (Wildman–Crippen MR) is 51.0 cm³/mol. The molecule has 13 heavy (non-hydrogen) atoms. The van der Waals surface area contributed by atoms with Crippen LogP contribution < -0.4 is 5.32 Å². The number of nitrogens with one attached hydrogen (secondary N) is 1. The van der Waals surface area contributed by atoms with Gasteiger partial charge < -0.3 is 0 Å². The third kappa shape index (κ3) is 2.95. The molecule has 0 bridgehead atoms. The lowest BCUT2D eigenvalue weighted by Gasteiger charge is -2.33. The zero-order valence-corrected chi connectivity index (χ0v) is 8.32. The smallest absolute Gasteiger partial charge is 0.256 e. The summed E-state index contributed by atoms with van der Waals surface area (Å²) in [6.45, 7) is 4.31. The van der Waals surface area contributed by atoms with E-state index in [4.69, 9.17) is 0 Å². The van der Waals surface area contributed by atoms with Gasteiger partial charge >= 0.3 is 0 Å². The summed E-state index contributed by atoms with van der Waals surface area (Å²) >= 11 is 0. The number of hydrogen-bond donors (Lipinski definition) is 1. The van der Waals surface area contributed by atoms with Crippen LogP contribution in [0.5, 0.6) is 0 Å². The normalized spacial score (nSPS) is 34.5. The van der Waals surface area contributed by atoms with Gasteiger partial charge in [0.05, 0.1) is 0 Å². The van der Waals surface area contributed by atoms with Gasteiger partial charge in [-0.1, -0.05) is 26.7 Å². The molecule has 76 valence electrons. The quantitative estimate of drug-likeness (QED) is 0.414. The average molecular weight is 186 g/mol. The average Bonchev–Trinajstić information content (AvgIpc) is 2.07. The van der Waals surface area contributed by atoms with Gasteiger partial charge in [0.15, 0.2) is 0 Å². The monoisotopic (exact) mass is 186 g/mol. The zero-order valence-electron chi connectivity index (χ0n) is 8.32. The molecule has 0 saturated heterocycles. The predicted octanol–water partition coefficient (Wildman–Crippen LogP) is 1.63. The van der Waals surface area contributed by atoms with Gasteiger partial charge in [0.2, 0.25) is 0 Å². The molecule has 1 N–H and O–H groups in total. The van der Waals surface area contributed by atoms with Crippen molar-refractivity contribution in [1.29, 1.82) is 0 Å². The molecule has 1 aliphatic rings. The maximum atomic E-state index is 10.2. The lowest BCUT2D eigenvalue weighted by molar-refractivity contribution is -0.486. The first-order chi connectivity index (χ1) is 6.11. The largest absolute Gasteiger partial charge is 0.263 e. The van der Waals surface area contributed by atoms with Crippen LogP contribution in [-0.2, 0) is 0 Å². The second-order valence-corrected chi connectivity index (χ2v) is 4.07. The minimum absolute atomic E-state index is 0.0955. The Morgan fingerprint density at radius 1 is 1.46 bits per heavy atom. The molecule has 0 aromatic carbocycles. The molecule has 1 saturated carbocycles. The highest BCUT2D eigenvalue weighted by Gasteiger charge is 2.27. The fourth-order valence-electron chi connectivity index (χ4n) is 2.06. The second-order valence-electron chi connectivity index (χ2n) is 4.07. The topological polar surface area (TPSA) is 55.2 Å². The minimum Gasteiger partial charge on any atom is -0.263 e. The van der Waals surface area contributed by atoms with E-state index in [1.165, 1.54) is 12.8 Å². The van der Waals surface area contributed by atoms with E-state index in [1.807, 2.05) is 0 Å². The summed E-state index contributed by atoms with van der Waals surface area (Å²) in [7, 11) is 0. The summed E-state index contributed by atoms with van der Waals surface area (Å²) in [5.74, 6) is 1.26. The highest BCUT2D eigenvalue weighted by Crippen LogP contribution is 2.29. The van der Waals surface area contributed by atoms with Crippen LogP contribution in [-0.4, -0.2) is 17.6 Å². The van der Waals surface area contributed by atoms with E-state index in [0.29, 0.717) is 17.9 Å². The van der Waals surface area contributed by atoms with Gasteiger partial charge in [-0.25, -0.2) is 0 Å². The van der Waals surface area contributed by atoms with E-state index in [2.05, 4.69) is 19.2 Å². The van der Waals surface area contributed by atoms with Crippen molar-refractivity contribution in [3.05, 3.63) is 10.1 Å². The first kappa shape index (κ1) is 10.4. The Hall–Kier alpha value is -0.640. The van der Waals surface area contributed by atoms with Crippen LogP contribution in [0.3, 0.4) is 0 Å². The number of hydrogen-bond acceptors (Lipinski definition) is 3. The fraction of sp³-hybridized carbons (Fsp3) is 1.00. The Balaban J connectivity index is 2.35. The van der Waals surface area contributed by atoms with Crippen LogP contribution in [0.1, 0.15) is 33.1 Å². The molecule has 4 nitrogen and oxygen atoms in total. The number of rotatable bonds is 3. The molecule has 1 aliphatic carbocycles. The van der Waals surface area contributed by atoms with E-state index >= 15 is 0 Å². The molecule has 0 aromatic heterocycles. The minimum atomic E-state index is -0.300. The summed E-state index contributed by atoms with van der Waals surface area (Å²) in [4.78, 5) is 9.87.